The number of aromatic nitrogens is 2. The lowest BCUT2D eigenvalue weighted by Gasteiger charge is -2.11. The van der Waals surface area contributed by atoms with Gasteiger partial charge in [0.15, 0.2) is 0 Å². The highest BCUT2D eigenvalue weighted by molar-refractivity contribution is 6.40. The zero-order valence-electron chi connectivity index (χ0n) is 13.7. The van der Waals surface area contributed by atoms with Gasteiger partial charge in [-0.1, -0.05) is 60.8 Å². The molecular formula is C19H17Cl2N3O. The molecule has 0 spiro atoms. The molecule has 4 nitrogen and oxygen atoms in total. The molecule has 1 N–H and O–H groups in total. The van der Waals surface area contributed by atoms with Gasteiger partial charge in [-0.2, -0.15) is 5.10 Å². The van der Waals surface area contributed by atoms with E-state index in [4.69, 9.17) is 23.2 Å². The molecule has 0 unspecified atom stereocenters. The van der Waals surface area contributed by atoms with E-state index in [1.165, 1.54) is 0 Å². The third kappa shape index (κ3) is 3.70. The fourth-order valence-electron chi connectivity index (χ4n) is 2.63. The van der Waals surface area contributed by atoms with Crippen LogP contribution in [-0.4, -0.2) is 15.7 Å². The Morgan fingerprint density at radius 1 is 1.08 bits per heavy atom. The molecule has 0 fully saturated rings. The maximum absolute atomic E-state index is 12.8. The summed E-state index contributed by atoms with van der Waals surface area (Å²) in [7, 11) is 0. The summed E-state index contributed by atoms with van der Waals surface area (Å²) in [5, 5.41) is 8.00. The van der Waals surface area contributed by atoms with Crippen molar-refractivity contribution >= 4 is 34.8 Å². The third-order valence-corrected chi connectivity index (χ3v) is 4.43. The molecule has 1 aromatic heterocycles. The number of anilines is 1. The number of nitrogens with one attached hydrogen (secondary N) is 1. The van der Waals surface area contributed by atoms with Crippen molar-refractivity contribution in [3.8, 4) is 5.69 Å². The summed E-state index contributed by atoms with van der Waals surface area (Å²) in [5.41, 5.74) is 2.70. The van der Waals surface area contributed by atoms with E-state index in [2.05, 4.69) is 17.3 Å². The third-order valence-electron chi connectivity index (χ3n) is 3.80. The molecule has 1 heterocycles. The van der Waals surface area contributed by atoms with E-state index in [-0.39, 0.29) is 5.91 Å². The second kappa shape index (κ2) is 7.72. The number of benzene rings is 2. The van der Waals surface area contributed by atoms with E-state index in [0.29, 0.717) is 21.3 Å². The Morgan fingerprint density at radius 3 is 2.40 bits per heavy atom. The standard InChI is InChI=1S/C19H17Cl2N3O/c1-2-7-17-14(12-22-24(17)13-8-4-3-5-9-13)19(25)23-18-15(20)10-6-11-16(18)21/h3-6,8-12H,2,7H2,1H3,(H,23,25). The van der Waals surface area contributed by atoms with Crippen LogP contribution in [0.15, 0.2) is 54.7 Å². The Labute approximate surface area is 156 Å². The molecule has 3 rings (SSSR count). The average Bonchev–Trinajstić information content (AvgIpc) is 3.03. The Hall–Kier alpha value is -2.30. The molecule has 1 amide bonds. The fourth-order valence-corrected chi connectivity index (χ4v) is 3.12. The van der Waals surface area contributed by atoms with Crippen molar-refractivity contribution in [1.82, 2.24) is 9.78 Å². The van der Waals surface area contributed by atoms with E-state index < -0.39 is 0 Å². The van der Waals surface area contributed by atoms with Crippen molar-refractivity contribution in [2.24, 2.45) is 0 Å². The topological polar surface area (TPSA) is 46.9 Å². The number of para-hydroxylation sites is 2. The first-order chi connectivity index (χ1) is 12.1. The van der Waals surface area contributed by atoms with E-state index in [1.54, 1.807) is 29.1 Å². The number of hydrogen-bond acceptors (Lipinski definition) is 2. The van der Waals surface area contributed by atoms with E-state index >= 15 is 0 Å². The van der Waals surface area contributed by atoms with E-state index in [1.807, 2.05) is 30.3 Å². The van der Waals surface area contributed by atoms with Gasteiger partial charge in [-0.15, -0.1) is 0 Å². The molecule has 2 aromatic carbocycles. The average molecular weight is 374 g/mol. The molecule has 128 valence electrons. The van der Waals surface area contributed by atoms with Gasteiger partial charge < -0.3 is 5.32 Å². The highest BCUT2D eigenvalue weighted by atomic mass is 35.5. The molecule has 0 atom stereocenters. The summed E-state index contributed by atoms with van der Waals surface area (Å²) in [6, 6.07) is 14.8. The van der Waals surface area contributed by atoms with E-state index in [9.17, 15) is 4.79 Å². The molecule has 0 aliphatic carbocycles. The Morgan fingerprint density at radius 2 is 1.76 bits per heavy atom. The quantitative estimate of drug-likeness (QED) is 0.651. The first kappa shape index (κ1) is 17.5. The molecule has 0 saturated carbocycles. The highest BCUT2D eigenvalue weighted by Crippen LogP contribution is 2.30. The largest absolute Gasteiger partial charge is 0.319 e. The number of carbonyl (C=O) groups is 1. The van der Waals surface area contributed by atoms with Crippen molar-refractivity contribution in [2.75, 3.05) is 5.32 Å². The second-order valence-electron chi connectivity index (χ2n) is 5.55. The van der Waals surface area contributed by atoms with Crippen molar-refractivity contribution in [1.29, 1.82) is 0 Å². The molecule has 0 aliphatic heterocycles. The second-order valence-corrected chi connectivity index (χ2v) is 6.37. The van der Waals surface area contributed by atoms with Gasteiger partial charge in [0.1, 0.15) is 0 Å². The number of nitrogens with zero attached hydrogens (tertiary/aromatic N) is 2. The molecule has 0 aliphatic rings. The highest BCUT2D eigenvalue weighted by Gasteiger charge is 2.19. The maximum atomic E-state index is 12.8. The number of rotatable bonds is 5. The van der Waals surface area contributed by atoms with Gasteiger partial charge in [0.2, 0.25) is 0 Å². The van der Waals surface area contributed by atoms with Gasteiger partial charge in [-0.3, -0.25) is 4.79 Å². The van der Waals surface area contributed by atoms with Crippen LogP contribution < -0.4 is 5.32 Å². The van der Waals surface area contributed by atoms with Crippen LogP contribution in [0.4, 0.5) is 5.69 Å². The lowest BCUT2D eigenvalue weighted by Crippen LogP contribution is -2.15. The maximum Gasteiger partial charge on any atom is 0.259 e. The van der Waals surface area contributed by atoms with Crippen LogP contribution in [-0.2, 0) is 6.42 Å². The summed E-state index contributed by atoms with van der Waals surface area (Å²) in [4.78, 5) is 12.8. The minimum Gasteiger partial charge on any atom is -0.319 e. The zero-order chi connectivity index (χ0) is 17.8. The Kier molecular flexibility index (Phi) is 5.41. The molecule has 0 radical (unpaired) electrons. The summed E-state index contributed by atoms with van der Waals surface area (Å²) >= 11 is 12.3. The van der Waals surface area contributed by atoms with Crippen LogP contribution in [0.5, 0.6) is 0 Å². The minimum atomic E-state index is -0.277. The molecule has 0 bridgehead atoms. The van der Waals surface area contributed by atoms with Gasteiger partial charge in [0.05, 0.1) is 38.9 Å². The number of hydrogen-bond donors (Lipinski definition) is 1. The van der Waals surface area contributed by atoms with Crippen LogP contribution in [0.25, 0.3) is 5.69 Å². The van der Waals surface area contributed by atoms with Gasteiger partial charge in [0, 0.05) is 0 Å². The minimum absolute atomic E-state index is 0.277. The van der Waals surface area contributed by atoms with Crippen LogP contribution >= 0.6 is 23.2 Å². The predicted octanol–water partition coefficient (Wildman–Crippen LogP) is 5.38. The summed E-state index contributed by atoms with van der Waals surface area (Å²) < 4.78 is 1.80. The van der Waals surface area contributed by atoms with Crippen LogP contribution in [0.3, 0.4) is 0 Å². The number of carbonyl (C=O) groups excluding carboxylic acids is 1. The van der Waals surface area contributed by atoms with Crippen LogP contribution in [0.2, 0.25) is 10.0 Å². The summed E-state index contributed by atoms with van der Waals surface area (Å²) in [6.45, 7) is 2.06. The van der Waals surface area contributed by atoms with Crippen LogP contribution in [0, 0.1) is 0 Å². The van der Waals surface area contributed by atoms with Crippen molar-refractivity contribution < 1.29 is 4.79 Å². The molecule has 3 aromatic rings. The van der Waals surface area contributed by atoms with Gasteiger partial charge in [-0.25, -0.2) is 4.68 Å². The van der Waals surface area contributed by atoms with Gasteiger partial charge in [-0.05, 0) is 30.7 Å². The Balaban J connectivity index is 1.97. The lowest BCUT2D eigenvalue weighted by molar-refractivity contribution is 0.102. The monoisotopic (exact) mass is 373 g/mol. The predicted molar refractivity (Wildman–Crippen MR) is 102 cm³/mol. The smallest absolute Gasteiger partial charge is 0.259 e. The lowest BCUT2D eigenvalue weighted by atomic mass is 10.1. The summed E-state index contributed by atoms with van der Waals surface area (Å²) in [5.74, 6) is -0.277. The van der Waals surface area contributed by atoms with Crippen molar-refractivity contribution in [3.63, 3.8) is 0 Å². The van der Waals surface area contributed by atoms with Gasteiger partial charge >= 0.3 is 0 Å². The van der Waals surface area contributed by atoms with Crippen molar-refractivity contribution in [3.05, 3.63) is 76.0 Å². The summed E-state index contributed by atoms with van der Waals surface area (Å²) in [6.07, 6.45) is 3.21. The molecular weight excluding hydrogens is 357 g/mol. The van der Waals surface area contributed by atoms with Gasteiger partial charge in [0.25, 0.3) is 5.91 Å². The SMILES string of the molecule is CCCc1c(C(=O)Nc2c(Cl)cccc2Cl)cnn1-c1ccccc1. The molecule has 6 heteroatoms. The molecule has 25 heavy (non-hydrogen) atoms. The fraction of sp³-hybridized carbons (Fsp3) is 0.158. The first-order valence-electron chi connectivity index (χ1n) is 7.99. The number of amides is 1. The van der Waals surface area contributed by atoms with E-state index in [0.717, 1.165) is 24.2 Å². The number of halogens is 2. The Bertz CT molecular complexity index is 871. The van der Waals surface area contributed by atoms with Crippen LogP contribution in [0.1, 0.15) is 29.4 Å². The first-order valence-corrected chi connectivity index (χ1v) is 8.75. The normalized spacial score (nSPS) is 10.7. The van der Waals surface area contributed by atoms with Crippen molar-refractivity contribution in [2.45, 2.75) is 19.8 Å². The molecule has 0 saturated heterocycles. The zero-order valence-corrected chi connectivity index (χ0v) is 15.2.